The molecule has 0 aliphatic carbocycles. The number of nitrogens with zero attached hydrogens (tertiary/aromatic N) is 1. The number of halogens is 1. The van der Waals surface area contributed by atoms with Gasteiger partial charge < -0.3 is 14.4 Å². The summed E-state index contributed by atoms with van der Waals surface area (Å²) in [6, 6.07) is 16.8. The maximum atomic E-state index is 11.7. The molecule has 128 valence electrons. The van der Waals surface area contributed by atoms with Gasteiger partial charge in [0, 0.05) is 17.3 Å². The second kappa shape index (κ2) is 9.83. The zero-order valence-corrected chi connectivity index (χ0v) is 14.5. The minimum atomic E-state index is -0.722. The van der Waals surface area contributed by atoms with Crippen molar-refractivity contribution in [2.24, 2.45) is 0 Å². The van der Waals surface area contributed by atoms with E-state index in [0.717, 1.165) is 25.1 Å². The predicted molar refractivity (Wildman–Crippen MR) is 97.0 cm³/mol. The Balaban J connectivity index is 1.82. The molecule has 0 radical (unpaired) electrons. The van der Waals surface area contributed by atoms with Crippen LogP contribution in [0.25, 0.3) is 0 Å². The van der Waals surface area contributed by atoms with E-state index in [4.69, 9.17) is 21.1 Å². The van der Waals surface area contributed by atoms with Crippen molar-refractivity contribution in [2.45, 2.75) is 19.8 Å². The number of anilines is 1. The van der Waals surface area contributed by atoms with Gasteiger partial charge >= 0.3 is 6.16 Å². The summed E-state index contributed by atoms with van der Waals surface area (Å²) in [4.78, 5) is 14.0. The Labute approximate surface area is 147 Å². The Bertz CT molecular complexity index is 634. The summed E-state index contributed by atoms with van der Waals surface area (Å²) in [5.74, 6) is 0.374. The number of ether oxygens (including phenoxy) is 2. The van der Waals surface area contributed by atoms with E-state index in [1.807, 2.05) is 18.2 Å². The summed E-state index contributed by atoms with van der Waals surface area (Å²) < 4.78 is 10.3. The largest absolute Gasteiger partial charge is 0.513 e. The van der Waals surface area contributed by atoms with Crippen molar-refractivity contribution in [2.75, 3.05) is 24.6 Å². The SMILES string of the molecule is CCCCN(CCOC(=O)Oc1cccc(Cl)c1)c1ccccc1. The maximum Gasteiger partial charge on any atom is 0.513 e. The van der Waals surface area contributed by atoms with E-state index in [9.17, 15) is 4.79 Å². The van der Waals surface area contributed by atoms with Crippen LogP contribution in [0.2, 0.25) is 5.02 Å². The van der Waals surface area contributed by atoms with Gasteiger partial charge in [0.25, 0.3) is 0 Å². The quantitative estimate of drug-likeness (QED) is 0.488. The van der Waals surface area contributed by atoms with Crippen LogP contribution in [0.3, 0.4) is 0 Å². The molecule has 0 amide bonds. The molecule has 2 rings (SSSR count). The summed E-state index contributed by atoms with van der Waals surface area (Å²) in [6.07, 6.45) is 1.48. The van der Waals surface area contributed by atoms with E-state index in [1.165, 1.54) is 0 Å². The van der Waals surface area contributed by atoms with Crippen LogP contribution in [0.15, 0.2) is 54.6 Å². The monoisotopic (exact) mass is 347 g/mol. The van der Waals surface area contributed by atoms with Crippen molar-refractivity contribution in [3.05, 3.63) is 59.6 Å². The van der Waals surface area contributed by atoms with Crippen LogP contribution in [-0.2, 0) is 4.74 Å². The normalized spacial score (nSPS) is 10.2. The van der Waals surface area contributed by atoms with Crippen molar-refractivity contribution < 1.29 is 14.3 Å². The Morgan fingerprint density at radius 2 is 1.88 bits per heavy atom. The van der Waals surface area contributed by atoms with Gasteiger partial charge in [-0.1, -0.05) is 49.2 Å². The van der Waals surface area contributed by atoms with E-state index in [0.29, 0.717) is 17.3 Å². The Morgan fingerprint density at radius 3 is 2.58 bits per heavy atom. The number of carbonyl (C=O) groups excluding carboxylic acids is 1. The lowest BCUT2D eigenvalue weighted by atomic mass is 10.2. The number of hydrogen-bond acceptors (Lipinski definition) is 4. The van der Waals surface area contributed by atoms with E-state index in [1.54, 1.807) is 24.3 Å². The number of unbranched alkanes of at least 4 members (excludes halogenated alkanes) is 1. The van der Waals surface area contributed by atoms with Crippen LogP contribution in [0.4, 0.5) is 10.5 Å². The first-order valence-electron chi connectivity index (χ1n) is 8.09. The van der Waals surface area contributed by atoms with Crippen LogP contribution < -0.4 is 9.64 Å². The van der Waals surface area contributed by atoms with E-state index in [2.05, 4.69) is 24.0 Å². The summed E-state index contributed by atoms with van der Waals surface area (Å²) in [5, 5.41) is 0.509. The summed E-state index contributed by atoms with van der Waals surface area (Å²) in [7, 11) is 0. The minimum Gasteiger partial charge on any atom is -0.432 e. The molecule has 24 heavy (non-hydrogen) atoms. The maximum absolute atomic E-state index is 11.7. The van der Waals surface area contributed by atoms with Crippen LogP contribution in [0, 0.1) is 0 Å². The zero-order chi connectivity index (χ0) is 17.2. The van der Waals surface area contributed by atoms with Gasteiger partial charge in [0.05, 0.1) is 6.54 Å². The molecule has 2 aromatic rings. The predicted octanol–water partition coefficient (Wildman–Crippen LogP) is 5.16. The molecule has 0 unspecified atom stereocenters. The minimum absolute atomic E-state index is 0.262. The molecule has 0 saturated carbocycles. The van der Waals surface area contributed by atoms with Gasteiger partial charge in [-0.2, -0.15) is 0 Å². The lowest BCUT2D eigenvalue weighted by Crippen LogP contribution is -2.29. The number of rotatable bonds is 8. The summed E-state index contributed by atoms with van der Waals surface area (Å²) >= 11 is 5.85. The average molecular weight is 348 g/mol. The third kappa shape index (κ3) is 6.13. The van der Waals surface area contributed by atoms with Gasteiger partial charge in [-0.25, -0.2) is 4.79 Å². The van der Waals surface area contributed by atoms with E-state index in [-0.39, 0.29) is 6.61 Å². The van der Waals surface area contributed by atoms with Crippen molar-refractivity contribution in [1.29, 1.82) is 0 Å². The second-order valence-corrected chi connectivity index (χ2v) is 5.77. The van der Waals surface area contributed by atoms with Gasteiger partial charge in [-0.05, 0) is 36.8 Å². The third-order valence-electron chi connectivity index (χ3n) is 3.48. The first-order valence-corrected chi connectivity index (χ1v) is 8.47. The van der Waals surface area contributed by atoms with Gasteiger partial charge in [0.15, 0.2) is 0 Å². The van der Waals surface area contributed by atoms with Gasteiger partial charge in [0.2, 0.25) is 0 Å². The van der Waals surface area contributed by atoms with Crippen molar-refractivity contribution in [1.82, 2.24) is 0 Å². The molecule has 5 heteroatoms. The average Bonchev–Trinajstić information content (AvgIpc) is 2.58. The van der Waals surface area contributed by atoms with Gasteiger partial charge in [-0.15, -0.1) is 0 Å². The van der Waals surface area contributed by atoms with Crippen LogP contribution in [0.1, 0.15) is 19.8 Å². The first-order chi connectivity index (χ1) is 11.7. The van der Waals surface area contributed by atoms with Crippen LogP contribution in [-0.4, -0.2) is 25.9 Å². The van der Waals surface area contributed by atoms with E-state index < -0.39 is 6.16 Å². The molecule has 0 aromatic heterocycles. The second-order valence-electron chi connectivity index (χ2n) is 5.33. The third-order valence-corrected chi connectivity index (χ3v) is 3.72. The van der Waals surface area contributed by atoms with Crippen molar-refractivity contribution in [3.8, 4) is 5.75 Å². The number of carbonyl (C=O) groups is 1. The molecular weight excluding hydrogens is 326 g/mol. The molecule has 0 saturated heterocycles. The number of para-hydroxylation sites is 1. The fraction of sp³-hybridized carbons (Fsp3) is 0.316. The number of benzene rings is 2. The molecule has 0 aliphatic heterocycles. The highest BCUT2D eigenvalue weighted by molar-refractivity contribution is 6.30. The van der Waals surface area contributed by atoms with Crippen LogP contribution >= 0.6 is 11.6 Å². The highest BCUT2D eigenvalue weighted by Crippen LogP contribution is 2.18. The van der Waals surface area contributed by atoms with Gasteiger partial charge in [0.1, 0.15) is 12.4 Å². The molecule has 4 nitrogen and oxygen atoms in total. The lowest BCUT2D eigenvalue weighted by Gasteiger charge is -2.24. The molecule has 2 aromatic carbocycles. The highest BCUT2D eigenvalue weighted by Gasteiger charge is 2.09. The fourth-order valence-electron chi connectivity index (χ4n) is 2.25. The molecule has 0 spiro atoms. The topological polar surface area (TPSA) is 38.8 Å². The zero-order valence-electron chi connectivity index (χ0n) is 13.8. The Kier molecular flexibility index (Phi) is 7.43. The summed E-state index contributed by atoms with van der Waals surface area (Å²) in [6.45, 7) is 3.96. The summed E-state index contributed by atoms with van der Waals surface area (Å²) in [5.41, 5.74) is 1.12. The molecule has 0 atom stereocenters. The first kappa shape index (κ1) is 18.1. The highest BCUT2D eigenvalue weighted by atomic mass is 35.5. The number of hydrogen-bond donors (Lipinski definition) is 0. The standard InChI is InChI=1S/C19H22ClNO3/c1-2-3-12-21(17-9-5-4-6-10-17)13-14-23-19(22)24-18-11-7-8-16(20)15-18/h4-11,15H,2-3,12-14H2,1H3. The molecule has 0 fully saturated rings. The molecule has 0 N–H and O–H groups in total. The van der Waals surface area contributed by atoms with E-state index >= 15 is 0 Å². The molecule has 0 bridgehead atoms. The fourth-order valence-corrected chi connectivity index (χ4v) is 2.43. The van der Waals surface area contributed by atoms with Crippen LogP contribution in [0.5, 0.6) is 5.75 Å². The molecule has 0 aliphatic rings. The Morgan fingerprint density at radius 1 is 1.08 bits per heavy atom. The Hall–Kier alpha value is -2.20. The van der Waals surface area contributed by atoms with Crippen molar-refractivity contribution in [3.63, 3.8) is 0 Å². The lowest BCUT2D eigenvalue weighted by molar-refractivity contribution is 0.101. The smallest absolute Gasteiger partial charge is 0.432 e. The molecule has 0 heterocycles. The van der Waals surface area contributed by atoms with Crippen molar-refractivity contribution >= 4 is 23.4 Å². The van der Waals surface area contributed by atoms with Gasteiger partial charge in [-0.3, -0.25) is 0 Å². The molecular formula is C19H22ClNO3.